The smallest absolute Gasteiger partial charge is 0.457 e. The maximum absolute atomic E-state index is 12.6. The quantitative estimate of drug-likeness (QED) is 0.0278. The number of phosphoric ester groups is 1. The second-order valence-corrected chi connectivity index (χ2v) is 14.6. The van der Waals surface area contributed by atoms with Crippen LogP contribution >= 0.6 is 7.82 Å². The summed E-state index contributed by atoms with van der Waals surface area (Å²) in [5.41, 5.74) is 5.36. The van der Waals surface area contributed by atoms with Crippen molar-refractivity contribution in [1.82, 2.24) is 0 Å². The van der Waals surface area contributed by atoms with E-state index in [1.54, 1.807) is 0 Å². The van der Waals surface area contributed by atoms with Crippen molar-refractivity contribution in [3.63, 3.8) is 0 Å². The van der Waals surface area contributed by atoms with Gasteiger partial charge in [0.15, 0.2) is 0 Å². The first-order valence-electron chi connectivity index (χ1n) is 20.3. The Morgan fingerprint density at radius 1 is 0.608 bits per heavy atom. The van der Waals surface area contributed by atoms with E-state index in [9.17, 15) is 14.3 Å². The molecule has 0 aromatic rings. The van der Waals surface area contributed by atoms with Gasteiger partial charge in [0.2, 0.25) is 0 Å². The Morgan fingerprint density at radius 3 is 1.65 bits per heavy atom. The van der Waals surface area contributed by atoms with E-state index in [0.29, 0.717) is 13.0 Å². The van der Waals surface area contributed by atoms with Crippen molar-refractivity contribution >= 4 is 13.8 Å². The number of carbonyl (C=O) groups is 1. The maximum atomic E-state index is 12.6. The lowest BCUT2D eigenvalue weighted by Gasteiger charge is -2.20. The predicted octanol–water partition coefficient (Wildman–Crippen LogP) is 11.8. The average molecular weight is 738 g/mol. The molecule has 0 heterocycles. The lowest BCUT2D eigenvalue weighted by molar-refractivity contribution is -0.154. The van der Waals surface area contributed by atoms with E-state index in [0.717, 1.165) is 77.0 Å². The number of rotatable bonds is 38. The lowest BCUT2D eigenvalue weighted by atomic mass is 10.1. The van der Waals surface area contributed by atoms with Crippen LogP contribution in [0, 0.1) is 0 Å². The van der Waals surface area contributed by atoms with Gasteiger partial charge in [0.05, 0.1) is 19.8 Å². The third-order valence-electron chi connectivity index (χ3n) is 8.17. The molecular weight excluding hydrogens is 661 g/mol. The number of phosphoric acid groups is 1. The van der Waals surface area contributed by atoms with E-state index in [-0.39, 0.29) is 32.3 Å². The zero-order chi connectivity index (χ0) is 37.4. The zero-order valence-corrected chi connectivity index (χ0v) is 33.5. The minimum absolute atomic E-state index is 0.0940. The molecule has 8 nitrogen and oxygen atoms in total. The van der Waals surface area contributed by atoms with Crippen LogP contribution < -0.4 is 5.73 Å². The number of esters is 1. The highest BCUT2D eigenvalue weighted by atomic mass is 31.2. The van der Waals surface area contributed by atoms with Gasteiger partial charge in [-0.2, -0.15) is 0 Å². The number of unbranched alkanes of at least 4 members (excludes halogenated alkanes) is 15. The van der Waals surface area contributed by atoms with E-state index >= 15 is 0 Å². The molecule has 3 N–H and O–H groups in total. The summed E-state index contributed by atoms with van der Waals surface area (Å²) in [5, 5.41) is 0. The Kier molecular flexibility index (Phi) is 38.0. The van der Waals surface area contributed by atoms with Crippen molar-refractivity contribution in [2.45, 2.75) is 168 Å². The molecule has 0 aliphatic carbocycles. The number of nitrogens with two attached hydrogens (primary N) is 1. The highest BCUT2D eigenvalue weighted by molar-refractivity contribution is 7.47. The molecule has 0 fully saturated rings. The van der Waals surface area contributed by atoms with Crippen molar-refractivity contribution in [1.29, 1.82) is 0 Å². The average Bonchev–Trinajstić information content (AvgIpc) is 3.12. The van der Waals surface area contributed by atoms with Gasteiger partial charge in [-0.25, -0.2) is 4.57 Å². The Balaban J connectivity index is 4.11. The number of hydrogen-bond acceptors (Lipinski definition) is 7. The second-order valence-electron chi connectivity index (χ2n) is 13.1. The number of allylic oxidation sites excluding steroid dienone is 10. The molecule has 0 saturated carbocycles. The number of hydrogen-bond donors (Lipinski definition) is 2. The molecule has 0 aromatic heterocycles. The van der Waals surface area contributed by atoms with Crippen LogP contribution in [0.25, 0.3) is 0 Å². The van der Waals surface area contributed by atoms with Gasteiger partial charge in [0.25, 0.3) is 0 Å². The van der Waals surface area contributed by atoms with E-state index in [1.807, 2.05) is 0 Å². The van der Waals surface area contributed by atoms with Gasteiger partial charge in [-0.1, -0.05) is 145 Å². The molecule has 0 aromatic carbocycles. The highest BCUT2D eigenvalue weighted by Gasteiger charge is 2.25. The third kappa shape index (κ3) is 39.2. The predicted molar refractivity (Wildman–Crippen MR) is 215 cm³/mol. The maximum Gasteiger partial charge on any atom is 0.472 e. The normalized spacial score (nSPS) is 14.2. The molecule has 0 amide bonds. The molecule has 0 saturated heterocycles. The van der Waals surface area contributed by atoms with Crippen LogP contribution in [0.3, 0.4) is 0 Å². The van der Waals surface area contributed by atoms with Crippen LogP contribution in [-0.2, 0) is 27.9 Å². The summed E-state index contributed by atoms with van der Waals surface area (Å²) in [6.07, 6.45) is 46.6. The van der Waals surface area contributed by atoms with Crippen molar-refractivity contribution in [3.8, 4) is 0 Å². The van der Waals surface area contributed by atoms with E-state index in [4.69, 9.17) is 24.3 Å². The number of carbonyl (C=O) groups excluding carboxylic acids is 1. The Morgan fingerprint density at radius 2 is 1.10 bits per heavy atom. The summed E-state index contributed by atoms with van der Waals surface area (Å²) in [7, 11) is -4.28. The van der Waals surface area contributed by atoms with Crippen molar-refractivity contribution < 1.29 is 32.8 Å². The highest BCUT2D eigenvalue weighted by Crippen LogP contribution is 2.43. The zero-order valence-electron chi connectivity index (χ0n) is 32.6. The summed E-state index contributed by atoms with van der Waals surface area (Å²) >= 11 is 0. The molecule has 0 spiro atoms. The van der Waals surface area contributed by atoms with Crippen LogP contribution in [0.1, 0.15) is 162 Å². The van der Waals surface area contributed by atoms with Crippen LogP contribution in [0.2, 0.25) is 0 Å². The summed E-state index contributed by atoms with van der Waals surface area (Å²) in [5.74, 6) is -0.347. The van der Waals surface area contributed by atoms with Crippen LogP contribution in [-0.4, -0.2) is 49.9 Å². The van der Waals surface area contributed by atoms with Gasteiger partial charge in [-0.05, 0) is 70.6 Å². The Bertz CT molecular complexity index is 963. The summed E-state index contributed by atoms with van der Waals surface area (Å²) in [4.78, 5) is 22.4. The first kappa shape index (κ1) is 49.2. The van der Waals surface area contributed by atoms with Crippen molar-refractivity contribution in [2.24, 2.45) is 5.73 Å². The molecule has 0 radical (unpaired) electrons. The fourth-order valence-corrected chi connectivity index (χ4v) is 5.97. The standard InChI is InChI=1S/C42H76NO7P/c1-3-5-7-9-11-13-15-17-19-20-21-23-25-27-29-31-33-35-42(44)50-41(40-49-51(45,46)48-38-36-43)39-47-37-34-32-30-28-26-24-22-18-16-14-12-10-8-6-4-2/h5,7,10-13,16-19,41H,3-4,6,8-9,14-15,20-40,43H2,1-2H3,(H,45,46)/b7-5-,12-10-,13-11-,18-16-,19-17-. The number of ether oxygens (including phenoxy) is 2. The summed E-state index contributed by atoms with van der Waals surface area (Å²) < 4.78 is 33.4. The molecular formula is C42H76NO7P. The second kappa shape index (κ2) is 39.4. The molecule has 0 rings (SSSR count). The van der Waals surface area contributed by atoms with Gasteiger partial charge in [-0.3, -0.25) is 13.8 Å². The molecule has 2 atom stereocenters. The van der Waals surface area contributed by atoms with E-state index < -0.39 is 13.9 Å². The van der Waals surface area contributed by atoms with Gasteiger partial charge >= 0.3 is 13.8 Å². The SMILES string of the molecule is CC/C=C\C/C=C\C/C=C\CCCCCCCCCC(=O)OC(COCCCCCCCC/C=C\C/C=C\CCCC)COP(=O)(O)OCCN. The van der Waals surface area contributed by atoms with E-state index in [1.165, 1.54) is 64.2 Å². The van der Waals surface area contributed by atoms with Crippen LogP contribution in [0.15, 0.2) is 60.8 Å². The fraction of sp³-hybridized carbons (Fsp3) is 0.738. The minimum atomic E-state index is -4.28. The fourth-order valence-electron chi connectivity index (χ4n) is 5.20. The van der Waals surface area contributed by atoms with Gasteiger partial charge < -0.3 is 20.1 Å². The molecule has 2 unspecified atom stereocenters. The summed E-state index contributed by atoms with van der Waals surface area (Å²) in [6, 6.07) is 0. The first-order valence-corrected chi connectivity index (χ1v) is 21.8. The molecule has 9 heteroatoms. The van der Waals surface area contributed by atoms with Gasteiger partial charge in [0.1, 0.15) is 6.10 Å². The van der Waals surface area contributed by atoms with Crippen molar-refractivity contribution in [2.75, 3.05) is 33.0 Å². The monoisotopic (exact) mass is 738 g/mol. The van der Waals surface area contributed by atoms with Gasteiger partial charge in [0, 0.05) is 19.6 Å². The van der Waals surface area contributed by atoms with Crippen molar-refractivity contribution in [3.05, 3.63) is 60.8 Å². The molecule has 51 heavy (non-hydrogen) atoms. The molecule has 0 bridgehead atoms. The molecule has 0 aliphatic heterocycles. The lowest BCUT2D eigenvalue weighted by Crippen LogP contribution is -2.28. The summed E-state index contributed by atoms with van der Waals surface area (Å²) in [6.45, 7) is 4.72. The van der Waals surface area contributed by atoms with E-state index in [2.05, 4.69) is 74.6 Å². The molecule has 0 aliphatic rings. The van der Waals surface area contributed by atoms with Crippen LogP contribution in [0.5, 0.6) is 0 Å². The molecule has 296 valence electrons. The Labute approximate surface area is 313 Å². The minimum Gasteiger partial charge on any atom is -0.457 e. The topological polar surface area (TPSA) is 117 Å². The largest absolute Gasteiger partial charge is 0.472 e. The Hall–Kier alpha value is -1.80. The van der Waals surface area contributed by atoms with Crippen LogP contribution in [0.4, 0.5) is 0 Å². The van der Waals surface area contributed by atoms with Gasteiger partial charge in [-0.15, -0.1) is 0 Å². The first-order chi connectivity index (χ1) is 24.9. The third-order valence-corrected chi connectivity index (χ3v) is 9.15.